The van der Waals surface area contributed by atoms with Gasteiger partial charge in [0, 0.05) is 7.05 Å². The van der Waals surface area contributed by atoms with Gasteiger partial charge in [-0.1, -0.05) is 34.8 Å². The quantitative estimate of drug-likeness (QED) is 0.346. The first-order valence-corrected chi connectivity index (χ1v) is 7.83. The lowest BCUT2D eigenvalue weighted by atomic mass is 10.3. The first-order valence-electron chi connectivity index (χ1n) is 3.99. The zero-order chi connectivity index (χ0) is 12.5. The first-order chi connectivity index (χ1) is 7.29. The first kappa shape index (κ1) is 14.5. The van der Waals surface area contributed by atoms with Crippen LogP contribution in [0.5, 0.6) is 0 Å². The Kier molecular flexibility index (Phi) is 4.87. The molecule has 0 amide bonds. The standard InChI is InChI=1S/C7H9Cl3N3OPS/c1-13(15(14,16)12-11)7-3-5(9)4(8)2-6(7)10/h2-3H,11H2,1H3,(H2,12,14,16). The van der Waals surface area contributed by atoms with E-state index in [2.05, 4.69) is 5.20 Å². The Balaban J connectivity index is 3.24. The highest BCUT2D eigenvalue weighted by Crippen LogP contribution is 2.46. The van der Waals surface area contributed by atoms with Gasteiger partial charge in [-0.3, -0.25) is 5.84 Å². The van der Waals surface area contributed by atoms with Crippen molar-refractivity contribution in [3.05, 3.63) is 27.2 Å². The zero-order valence-electron chi connectivity index (χ0n) is 8.12. The van der Waals surface area contributed by atoms with Gasteiger partial charge in [0.15, 0.2) is 0 Å². The minimum atomic E-state index is -3.04. The van der Waals surface area contributed by atoms with Gasteiger partial charge in [-0.25, -0.2) is 0 Å². The summed E-state index contributed by atoms with van der Waals surface area (Å²) in [7, 11) is 1.56. The molecule has 0 radical (unpaired) electrons. The highest BCUT2D eigenvalue weighted by atomic mass is 35.5. The molecule has 1 aromatic rings. The van der Waals surface area contributed by atoms with E-state index in [1.165, 1.54) is 16.8 Å². The van der Waals surface area contributed by atoms with Crippen molar-refractivity contribution in [1.82, 2.24) is 5.20 Å². The topological polar surface area (TPSA) is 61.5 Å². The Hall–Kier alpha value is 0.420. The molecule has 0 aromatic heterocycles. The van der Waals surface area contributed by atoms with Crippen molar-refractivity contribution in [2.24, 2.45) is 5.84 Å². The lowest BCUT2D eigenvalue weighted by molar-refractivity contribution is 0.602. The van der Waals surface area contributed by atoms with Crippen molar-refractivity contribution in [2.45, 2.75) is 0 Å². The van der Waals surface area contributed by atoms with Crippen LogP contribution in [0.3, 0.4) is 0 Å². The molecule has 1 unspecified atom stereocenters. The smallest absolute Gasteiger partial charge is 0.236 e. The number of benzene rings is 1. The Morgan fingerprint density at radius 2 is 1.81 bits per heavy atom. The Bertz CT molecular complexity index is 459. The van der Waals surface area contributed by atoms with Crippen molar-refractivity contribution in [3.8, 4) is 0 Å². The van der Waals surface area contributed by atoms with Crippen molar-refractivity contribution < 1.29 is 4.89 Å². The summed E-state index contributed by atoms with van der Waals surface area (Å²) in [5, 5.41) is 3.15. The molecule has 4 nitrogen and oxygen atoms in total. The molecule has 0 saturated carbocycles. The molecule has 1 rings (SSSR count). The maximum atomic E-state index is 9.81. The highest BCUT2D eigenvalue weighted by Gasteiger charge is 2.21. The normalized spacial score (nSPS) is 14.6. The predicted molar refractivity (Wildman–Crippen MR) is 73.7 cm³/mol. The molecule has 9 heteroatoms. The zero-order valence-corrected chi connectivity index (χ0v) is 12.1. The molecular formula is C7H9Cl3N3OPS. The highest BCUT2D eigenvalue weighted by molar-refractivity contribution is 8.11. The maximum Gasteiger partial charge on any atom is 0.236 e. The van der Waals surface area contributed by atoms with Gasteiger partial charge >= 0.3 is 0 Å². The van der Waals surface area contributed by atoms with Crippen LogP contribution in [0.15, 0.2) is 12.1 Å². The lowest BCUT2D eigenvalue weighted by Gasteiger charge is -2.28. The summed E-state index contributed by atoms with van der Waals surface area (Å²) in [6, 6.07) is 2.99. The van der Waals surface area contributed by atoms with Gasteiger partial charge in [-0.05, 0) is 23.9 Å². The number of nitrogens with zero attached hydrogens (tertiary/aromatic N) is 1. The molecule has 4 N–H and O–H groups in total. The Morgan fingerprint density at radius 1 is 1.31 bits per heavy atom. The monoisotopic (exact) mass is 319 g/mol. The maximum absolute atomic E-state index is 9.81. The summed E-state index contributed by atoms with van der Waals surface area (Å²) in [6.07, 6.45) is 0. The van der Waals surface area contributed by atoms with Crippen LogP contribution in [0, 0.1) is 0 Å². The predicted octanol–water partition coefficient (Wildman–Crippen LogP) is 2.76. The van der Waals surface area contributed by atoms with Crippen LogP contribution >= 0.6 is 41.4 Å². The molecule has 1 atom stereocenters. The van der Waals surface area contributed by atoms with Gasteiger partial charge in [-0.15, -0.1) is 0 Å². The van der Waals surface area contributed by atoms with E-state index < -0.39 is 6.57 Å². The van der Waals surface area contributed by atoms with E-state index in [9.17, 15) is 4.89 Å². The molecule has 0 aliphatic heterocycles. The summed E-state index contributed by atoms with van der Waals surface area (Å²) in [4.78, 5) is 9.81. The fourth-order valence-electron chi connectivity index (χ4n) is 0.993. The fourth-order valence-corrected chi connectivity index (χ4v) is 2.61. The molecule has 16 heavy (non-hydrogen) atoms. The van der Waals surface area contributed by atoms with E-state index in [0.717, 1.165) is 0 Å². The molecule has 0 bridgehead atoms. The van der Waals surface area contributed by atoms with Crippen LogP contribution in [0.4, 0.5) is 5.69 Å². The number of anilines is 1. The summed E-state index contributed by atoms with van der Waals surface area (Å²) in [5.41, 5.74) is 0.458. The molecule has 0 aliphatic carbocycles. The number of halogens is 3. The summed E-state index contributed by atoms with van der Waals surface area (Å²) in [6.45, 7) is -3.04. The number of nitrogens with one attached hydrogen (secondary N) is 1. The van der Waals surface area contributed by atoms with E-state index >= 15 is 0 Å². The molecule has 90 valence electrons. The van der Waals surface area contributed by atoms with Crippen molar-refractivity contribution >= 4 is 58.9 Å². The van der Waals surface area contributed by atoms with Gasteiger partial charge in [0.05, 0.1) is 20.8 Å². The summed E-state index contributed by atoms with van der Waals surface area (Å²) < 4.78 is 1.37. The minimum absolute atomic E-state index is 0.319. The van der Waals surface area contributed by atoms with E-state index in [-0.39, 0.29) is 0 Å². The third-order valence-corrected chi connectivity index (χ3v) is 5.35. The summed E-state index contributed by atoms with van der Waals surface area (Å²) in [5.74, 6) is 5.16. The molecular weight excluding hydrogens is 311 g/mol. The van der Waals surface area contributed by atoms with E-state index in [0.29, 0.717) is 20.8 Å². The van der Waals surface area contributed by atoms with Crippen LogP contribution in [0.2, 0.25) is 15.1 Å². The SMILES string of the molecule is CN(c1cc(Cl)c(Cl)cc1Cl)P(O)(=S)NN. The van der Waals surface area contributed by atoms with Crippen LogP contribution in [-0.4, -0.2) is 11.9 Å². The second kappa shape index (κ2) is 5.38. The van der Waals surface area contributed by atoms with Gasteiger partial charge in [-0.2, -0.15) is 5.20 Å². The third-order valence-electron chi connectivity index (χ3n) is 1.91. The second-order valence-electron chi connectivity index (χ2n) is 2.91. The minimum Gasteiger partial charge on any atom is -0.338 e. The fraction of sp³-hybridized carbons (Fsp3) is 0.143. The Labute approximate surface area is 113 Å². The van der Waals surface area contributed by atoms with E-state index in [1.807, 2.05) is 0 Å². The van der Waals surface area contributed by atoms with Crippen LogP contribution in [0.25, 0.3) is 0 Å². The van der Waals surface area contributed by atoms with Crippen LogP contribution in [-0.2, 0) is 11.8 Å². The van der Waals surface area contributed by atoms with Crippen LogP contribution < -0.4 is 15.7 Å². The number of hydrazine groups is 1. The molecule has 0 aliphatic rings. The number of rotatable bonds is 3. The average Bonchev–Trinajstić information content (AvgIpc) is 2.22. The second-order valence-corrected chi connectivity index (χ2v) is 7.61. The molecule has 0 saturated heterocycles. The Morgan fingerprint density at radius 3 is 2.31 bits per heavy atom. The van der Waals surface area contributed by atoms with Crippen LogP contribution in [0.1, 0.15) is 0 Å². The van der Waals surface area contributed by atoms with Crippen molar-refractivity contribution in [2.75, 3.05) is 11.7 Å². The molecule has 0 heterocycles. The van der Waals surface area contributed by atoms with Crippen molar-refractivity contribution in [3.63, 3.8) is 0 Å². The molecule has 0 fully saturated rings. The van der Waals surface area contributed by atoms with Gasteiger partial charge in [0.2, 0.25) is 6.57 Å². The van der Waals surface area contributed by atoms with Crippen molar-refractivity contribution in [1.29, 1.82) is 0 Å². The van der Waals surface area contributed by atoms with Gasteiger partial charge in [0.25, 0.3) is 0 Å². The summed E-state index contributed by atoms with van der Waals surface area (Å²) >= 11 is 22.5. The van der Waals surface area contributed by atoms with E-state index in [1.54, 1.807) is 7.05 Å². The third kappa shape index (κ3) is 3.00. The van der Waals surface area contributed by atoms with Gasteiger partial charge in [0.1, 0.15) is 0 Å². The average molecular weight is 321 g/mol. The largest absolute Gasteiger partial charge is 0.338 e. The molecule has 0 spiro atoms. The lowest BCUT2D eigenvalue weighted by Crippen LogP contribution is -2.28. The number of hydrogen-bond acceptors (Lipinski definition) is 2. The number of nitrogens with two attached hydrogens (primary N) is 1. The number of hydrogen-bond donors (Lipinski definition) is 3. The molecule has 1 aromatic carbocycles. The van der Waals surface area contributed by atoms with E-state index in [4.69, 9.17) is 52.5 Å². The van der Waals surface area contributed by atoms with Gasteiger partial charge < -0.3 is 9.56 Å².